The van der Waals surface area contributed by atoms with E-state index >= 15 is 0 Å². The molecule has 0 unspecified atom stereocenters. The van der Waals surface area contributed by atoms with Gasteiger partial charge in [-0.2, -0.15) is 0 Å². The molecule has 1 N–H and O–H groups in total. The average Bonchev–Trinajstić information content (AvgIpc) is 2.77. The van der Waals surface area contributed by atoms with E-state index < -0.39 is 16.8 Å². The lowest BCUT2D eigenvalue weighted by molar-refractivity contribution is -0.384. The second-order valence-corrected chi connectivity index (χ2v) is 6.48. The Labute approximate surface area is 180 Å². The molecule has 0 saturated heterocycles. The normalized spacial score (nSPS) is 10.8. The summed E-state index contributed by atoms with van der Waals surface area (Å²) >= 11 is 0. The van der Waals surface area contributed by atoms with Gasteiger partial charge < -0.3 is 14.8 Å². The van der Waals surface area contributed by atoms with Crippen LogP contribution in [0.3, 0.4) is 0 Å². The van der Waals surface area contributed by atoms with Gasteiger partial charge in [0.1, 0.15) is 18.1 Å². The molecule has 2 aromatic carbocycles. The summed E-state index contributed by atoms with van der Waals surface area (Å²) in [6.07, 6.45) is 4.66. The van der Waals surface area contributed by atoms with Crippen LogP contribution in [-0.2, 0) is 9.53 Å². The van der Waals surface area contributed by atoms with Gasteiger partial charge in [-0.25, -0.2) is 4.79 Å². The van der Waals surface area contributed by atoms with Gasteiger partial charge in [-0.3, -0.25) is 14.9 Å². The number of nitrogens with zero attached hydrogens (tertiary/aromatic N) is 1. The van der Waals surface area contributed by atoms with Crippen molar-refractivity contribution in [3.63, 3.8) is 0 Å². The van der Waals surface area contributed by atoms with Crippen LogP contribution in [0, 0.1) is 10.1 Å². The highest BCUT2D eigenvalue weighted by Gasteiger charge is 2.16. The fraction of sp³-hybridized carbons (Fsp3) is 0.217. The van der Waals surface area contributed by atoms with Gasteiger partial charge in [0, 0.05) is 17.7 Å². The molecule has 0 fully saturated rings. The zero-order valence-corrected chi connectivity index (χ0v) is 17.2. The summed E-state index contributed by atoms with van der Waals surface area (Å²) in [7, 11) is 0. The molecule has 0 bridgehead atoms. The maximum absolute atomic E-state index is 12.6. The Morgan fingerprint density at radius 3 is 2.58 bits per heavy atom. The van der Waals surface area contributed by atoms with E-state index in [9.17, 15) is 19.7 Å². The molecule has 162 valence electrons. The lowest BCUT2D eigenvalue weighted by Crippen LogP contribution is -2.28. The Kier molecular flexibility index (Phi) is 8.97. The number of carbonyl (C=O) groups is 2. The second kappa shape index (κ2) is 11.9. The van der Waals surface area contributed by atoms with Gasteiger partial charge in [-0.1, -0.05) is 38.1 Å². The van der Waals surface area contributed by atoms with Crippen molar-refractivity contribution in [1.82, 2.24) is 5.32 Å². The monoisotopic (exact) mass is 424 g/mol. The third kappa shape index (κ3) is 7.43. The van der Waals surface area contributed by atoms with Gasteiger partial charge in [0.25, 0.3) is 11.6 Å². The van der Waals surface area contributed by atoms with Crippen LogP contribution in [0.25, 0.3) is 6.08 Å². The zero-order valence-electron chi connectivity index (χ0n) is 17.2. The quantitative estimate of drug-likeness (QED) is 0.144. The molecule has 0 radical (unpaired) electrons. The third-order valence-corrected chi connectivity index (χ3v) is 4.08. The average molecular weight is 424 g/mol. The van der Waals surface area contributed by atoms with E-state index in [2.05, 4.69) is 18.8 Å². The predicted octanol–water partition coefficient (Wildman–Crippen LogP) is 4.27. The summed E-state index contributed by atoms with van der Waals surface area (Å²) in [5.41, 5.74) is 0.372. The molecule has 8 heteroatoms. The maximum atomic E-state index is 12.6. The Balaban J connectivity index is 2.21. The summed E-state index contributed by atoms with van der Waals surface area (Å²) in [6.45, 7) is 6.08. The number of benzene rings is 2. The molecule has 0 aliphatic heterocycles. The predicted molar refractivity (Wildman–Crippen MR) is 117 cm³/mol. The Hall–Kier alpha value is -3.94. The van der Waals surface area contributed by atoms with E-state index in [4.69, 9.17) is 9.47 Å². The van der Waals surface area contributed by atoms with Gasteiger partial charge in [-0.15, -0.1) is 0 Å². The van der Waals surface area contributed by atoms with E-state index in [1.54, 1.807) is 30.3 Å². The molecule has 0 aliphatic carbocycles. The zero-order chi connectivity index (χ0) is 22.6. The number of esters is 1. The number of unbranched alkanes of at least 4 members (excludes halogenated alkanes) is 1. The van der Waals surface area contributed by atoms with E-state index in [1.807, 2.05) is 0 Å². The number of nitrogens with one attached hydrogen (secondary N) is 1. The summed E-state index contributed by atoms with van der Waals surface area (Å²) < 4.78 is 10.6. The molecule has 0 aliphatic rings. The number of nitro benzene ring substituents is 1. The molecule has 0 aromatic heterocycles. The fourth-order valence-corrected chi connectivity index (χ4v) is 2.48. The molecule has 0 spiro atoms. The standard InChI is InChI=1S/C23H24N2O6/c1-3-5-14-30-20-11-9-18(10-12-20)22(26)24-21(23(27)31-13-4-2)16-17-7-6-8-19(15-17)25(28)29/h4,6-12,15-16H,2-3,5,13-14H2,1H3,(H,24,26). The van der Waals surface area contributed by atoms with E-state index in [-0.39, 0.29) is 18.0 Å². The molecule has 31 heavy (non-hydrogen) atoms. The van der Waals surface area contributed by atoms with Crippen LogP contribution < -0.4 is 10.1 Å². The van der Waals surface area contributed by atoms with Gasteiger partial charge in [0.2, 0.25) is 0 Å². The summed E-state index contributed by atoms with van der Waals surface area (Å²) in [5.74, 6) is -0.686. The first-order valence-corrected chi connectivity index (χ1v) is 9.73. The van der Waals surface area contributed by atoms with Crippen molar-refractivity contribution in [2.75, 3.05) is 13.2 Å². The summed E-state index contributed by atoms with van der Waals surface area (Å²) in [5, 5.41) is 13.5. The first kappa shape index (κ1) is 23.3. The largest absolute Gasteiger partial charge is 0.494 e. The van der Waals surface area contributed by atoms with Gasteiger partial charge in [-0.05, 0) is 42.3 Å². The number of hydrogen-bond donors (Lipinski definition) is 1. The Morgan fingerprint density at radius 1 is 1.19 bits per heavy atom. The van der Waals surface area contributed by atoms with Crippen LogP contribution in [-0.4, -0.2) is 30.0 Å². The van der Waals surface area contributed by atoms with Crippen molar-refractivity contribution in [2.45, 2.75) is 19.8 Å². The third-order valence-electron chi connectivity index (χ3n) is 4.08. The number of carbonyl (C=O) groups excluding carboxylic acids is 2. The summed E-state index contributed by atoms with van der Waals surface area (Å²) in [4.78, 5) is 35.5. The van der Waals surface area contributed by atoms with Crippen molar-refractivity contribution in [2.24, 2.45) is 0 Å². The second-order valence-electron chi connectivity index (χ2n) is 6.48. The van der Waals surface area contributed by atoms with E-state index in [0.29, 0.717) is 23.5 Å². The van der Waals surface area contributed by atoms with E-state index in [1.165, 1.54) is 30.4 Å². The highest BCUT2D eigenvalue weighted by Crippen LogP contribution is 2.17. The van der Waals surface area contributed by atoms with Crippen LogP contribution in [0.2, 0.25) is 0 Å². The van der Waals surface area contributed by atoms with Crippen molar-refractivity contribution >= 4 is 23.6 Å². The number of nitro groups is 1. The van der Waals surface area contributed by atoms with E-state index in [0.717, 1.165) is 12.8 Å². The minimum atomic E-state index is -0.792. The smallest absolute Gasteiger partial charge is 0.355 e. The first-order valence-electron chi connectivity index (χ1n) is 9.73. The van der Waals surface area contributed by atoms with Crippen LogP contribution in [0.4, 0.5) is 5.69 Å². The lowest BCUT2D eigenvalue weighted by Gasteiger charge is -2.10. The molecule has 2 aromatic rings. The molecule has 8 nitrogen and oxygen atoms in total. The Bertz CT molecular complexity index is 966. The van der Waals surface area contributed by atoms with Gasteiger partial charge >= 0.3 is 5.97 Å². The molecular weight excluding hydrogens is 400 g/mol. The van der Waals surface area contributed by atoms with Crippen molar-refractivity contribution < 1.29 is 24.0 Å². The van der Waals surface area contributed by atoms with Crippen molar-refractivity contribution in [3.8, 4) is 5.75 Å². The number of hydrogen-bond acceptors (Lipinski definition) is 6. The van der Waals surface area contributed by atoms with Crippen LogP contribution in [0.15, 0.2) is 66.9 Å². The van der Waals surface area contributed by atoms with Gasteiger partial charge in [0.05, 0.1) is 11.5 Å². The SMILES string of the molecule is C=CCOC(=O)C(=Cc1cccc([N+](=O)[O-])c1)NC(=O)c1ccc(OCCCC)cc1. The van der Waals surface area contributed by atoms with Gasteiger partial charge in [0.15, 0.2) is 0 Å². The van der Waals surface area contributed by atoms with Crippen LogP contribution >= 0.6 is 0 Å². The number of amides is 1. The topological polar surface area (TPSA) is 108 Å². The molecule has 2 rings (SSSR count). The molecule has 0 atom stereocenters. The Morgan fingerprint density at radius 2 is 1.94 bits per heavy atom. The summed E-state index contributed by atoms with van der Waals surface area (Å²) in [6, 6.07) is 12.2. The van der Waals surface area contributed by atoms with Crippen LogP contribution in [0.5, 0.6) is 5.75 Å². The molecule has 0 heterocycles. The number of non-ortho nitro benzene ring substituents is 1. The molecule has 0 saturated carbocycles. The van der Waals surface area contributed by atoms with Crippen molar-refractivity contribution in [3.05, 3.63) is 88.1 Å². The van der Waals surface area contributed by atoms with Crippen LogP contribution in [0.1, 0.15) is 35.7 Å². The highest BCUT2D eigenvalue weighted by molar-refractivity contribution is 6.03. The van der Waals surface area contributed by atoms with Crippen molar-refractivity contribution in [1.29, 1.82) is 0 Å². The maximum Gasteiger partial charge on any atom is 0.355 e. The molecular formula is C23H24N2O6. The highest BCUT2D eigenvalue weighted by atomic mass is 16.6. The lowest BCUT2D eigenvalue weighted by atomic mass is 10.1. The first-order chi connectivity index (χ1) is 14.9. The number of rotatable bonds is 11. The number of ether oxygens (including phenoxy) is 2. The fourth-order valence-electron chi connectivity index (χ4n) is 2.48. The minimum Gasteiger partial charge on any atom is -0.494 e. The molecule has 1 amide bonds. The minimum absolute atomic E-state index is 0.0508.